The predicted molar refractivity (Wildman–Crippen MR) is 94.9 cm³/mol. The molecule has 0 radical (unpaired) electrons. The zero-order valence-electron chi connectivity index (χ0n) is 12.4. The molecule has 24 heavy (non-hydrogen) atoms. The Bertz CT molecular complexity index is 878. The molecule has 0 aliphatic carbocycles. The maximum Gasteiger partial charge on any atom is 0.313 e. The van der Waals surface area contributed by atoms with E-state index in [4.69, 9.17) is 38.1 Å². The monoisotopic (exact) mass is 361 g/mol. The summed E-state index contributed by atoms with van der Waals surface area (Å²) in [6, 6.07) is 13.0. The van der Waals surface area contributed by atoms with Crippen molar-refractivity contribution >= 4 is 41.4 Å². The highest BCUT2D eigenvalue weighted by molar-refractivity contribution is 6.42. The lowest BCUT2D eigenvalue weighted by Crippen LogP contribution is -1.95. The Morgan fingerprint density at radius 3 is 2.67 bits per heavy atom. The summed E-state index contributed by atoms with van der Waals surface area (Å²) in [6.45, 7) is 0.393. The number of nitrogens with zero attached hydrogens (tertiary/aromatic N) is 2. The Labute approximate surface area is 148 Å². The molecule has 2 aromatic carbocycles. The van der Waals surface area contributed by atoms with Crippen molar-refractivity contribution in [2.75, 3.05) is 5.73 Å². The van der Waals surface area contributed by atoms with Crippen LogP contribution in [0.25, 0.3) is 12.2 Å². The Morgan fingerprint density at radius 1 is 1.04 bits per heavy atom. The molecule has 5 nitrogen and oxygen atoms in total. The van der Waals surface area contributed by atoms with E-state index in [2.05, 4.69) is 10.2 Å². The summed E-state index contributed by atoms with van der Waals surface area (Å²) in [4.78, 5) is 0. The van der Waals surface area contributed by atoms with Gasteiger partial charge < -0.3 is 14.9 Å². The fourth-order valence-electron chi connectivity index (χ4n) is 1.99. The molecule has 122 valence electrons. The van der Waals surface area contributed by atoms with Gasteiger partial charge in [0.1, 0.15) is 12.4 Å². The number of benzene rings is 2. The van der Waals surface area contributed by atoms with Gasteiger partial charge in [0.15, 0.2) is 0 Å². The number of nitrogens with two attached hydrogens (primary N) is 1. The van der Waals surface area contributed by atoms with Gasteiger partial charge in [-0.2, -0.15) is 0 Å². The number of hydrogen-bond donors (Lipinski definition) is 1. The summed E-state index contributed by atoms with van der Waals surface area (Å²) in [5.74, 6) is 1.07. The van der Waals surface area contributed by atoms with Gasteiger partial charge in [-0.3, -0.25) is 0 Å². The summed E-state index contributed by atoms with van der Waals surface area (Å²) >= 11 is 11.9. The van der Waals surface area contributed by atoms with Crippen LogP contribution < -0.4 is 10.5 Å². The smallest absolute Gasteiger partial charge is 0.313 e. The Kier molecular flexibility index (Phi) is 5.03. The van der Waals surface area contributed by atoms with Gasteiger partial charge in [0, 0.05) is 6.08 Å². The normalized spacial score (nSPS) is 11.1. The van der Waals surface area contributed by atoms with E-state index in [0.29, 0.717) is 22.5 Å². The van der Waals surface area contributed by atoms with Gasteiger partial charge >= 0.3 is 6.01 Å². The lowest BCUT2D eigenvalue weighted by Gasteiger charge is -2.08. The van der Waals surface area contributed by atoms with Crippen molar-refractivity contribution in [3.8, 4) is 5.75 Å². The van der Waals surface area contributed by atoms with Gasteiger partial charge in [-0.1, -0.05) is 46.5 Å². The van der Waals surface area contributed by atoms with Crippen LogP contribution in [0.5, 0.6) is 5.75 Å². The Hall–Kier alpha value is -2.50. The van der Waals surface area contributed by atoms with Crippen molar-refractivity contribution in [2.45, 2.75) is 6.61 Å². The van der Waals surface area contributed by atoms with E-state index in [9.17, 15) is 0 Å². The van der Waals surface area contributed by atoms with Crippen LogP contribution in [0, 0.1) is 0 Å². The van der Waals surface area contributed by atoms with Crippen LogP contribution in [-0.4, -0.2) is 10.2 Å². The minimum Gasteiger partial charge on any atom is -0.489 e. The highest BCUT2D eigenvalue weighted by atomic mass is 35.5. The number of ether oxygens (including phenoxy) is 1. The molecule has 0 fully saturated rings. The average molecular weight is 362 g/mol. The van der Waals surface area contributed by atoms with Gasteiger partial charge in [0.25, 0.3) is 0 Å². The fraction of sp³-hybridized carbons (Fsp3) is 0.0588. The molecular formula is C17H13Cl2N3O2. The van der Waals surface area contributed by atoms with Crippen molar-refractivity contribution in [3.05, 3.63) is 69.5 Å². The van der Waals surface area contributed by atoms with Crippen LogP contribution in [0.4, 0.5) is 6.01 Å². The second kappa shape index (κ2) is 7.38. The van der Waals surface area contributed by atoms with E-state index in [0.717, 1.165) is 16.9 Å². The number of aromatic nitrogens is 2. The fourth-order valence-corrected chi connectivity index (χ4v) is 2.31. The number of halogens is 2. The van der Waals surface area contributed by atoms with Crippen molar-refractivity contribution < 1.29 is 9.15 Å². The highest BCUT2D eigenvalue weighted by Crippen LogP contribution is 2.24. The van der Waals surface area contributed by atoms with Crippen LogP contribution in [0.3, 0.4) is 0 Å². The molecule has 7 heteroatoms. The zero-order valence-corrected chi connectivity index (χ0v) is 14.0. The Morgan fingerprint density at radius 2 is 1.92 bits per heavy atom. The molecule has 0 aliphatic heterocycles. The van der Waals surface area contributed by atoms with Crippen LogP contribution >= 0.6 is 23.2 Å². The van der Waals surface area contributed by atoms with Crippen molar-refractivity contribution in [3.63, 3.8) is 0 Å². The molecule has 2 N–H and O–H groups in total. The summed E-state index contributed by atoms with van der Waals surface area (Å²) in [5.41, 5.74) is 7.24. The quantitative estimate of drug-likeness (QED) is 0.712. The summed E-state index contributed by atoms with van der Waals surface area (Å²) in [5, 5.41) is 8.38. The van der Waals surface area contributed by atoms with E-state index in [1.165, 1.54) is 0 Å². The third-order valence-electron chi connectivity index (χ3n) is 3.12. The molecule has 0 amide bonds. The molecule has 0 bridgehead atoms. The molecule has 0 unspecified atom stereocenters. The van der Waals surface area contributed by atoms with Gasteiger partial charge in [-0.25, -0.2) is 0 Å². The minimum atomic E-state index is 0.0355. The lowest BCUT2D eigenvalue weighted by molar-refractivity contribution is 0.306. The van der Waals surface area contributed by atoms with Crippen LogP contribution in [0.15, 0.2) is 46.9 Å². The molecule has 3 rings (SSSR count). The van der Waals surface area contributed by atoms with Crippen LogP contribution in [-0.2, 0) is 6.61 Å². The average Bonchev–Trinajstić information content (AvgIpc) is 3.00. The van der Waals surface area contributed by atoms with E-state index in [-0.39, 0.29) is 6.01 Å². The highest BCUT2D eigenvalue weighted by Gasteiger charge is 2.02. The van der Waals surface area contributed by atoms with Crippen molar-refractivity contribution in [1.29, 1.82) is 0 Å². The SMILES string of the molecule is Nc1nnc(/C=C/c2cccc(OCc3ccc(Cl)c(Cl)c3)c2)o1. The van der Waals surface area contributed by atoms with Crippen molar-refractivity contribution in [2.24, 2.45) is 0 Å². The first-order chi connectivity index (χ1) is 11.6. The topological polar surface area (TPSA) is 74.2 Å². The second-order valence-electron chi connectivity index (χ2n) is 4.92. The number of nitrogen functional groups attached to an aromatic ring is 1. The summed E-state index contributed by atoms with van der Waals surface area (Å²) in [6.07, 6.45) is 3.51. The lowest BCUT2D eigenvalue weighted by atomic mass is 10.2. The van der Waals surface area contributed by atoms with Gasteiger partial charge in [-0.15, -0.1) is 5.10 Å². The molecule has 1 heterocycles. The van der Waals surface area contributed by atoms with E-state index >= 15 is 0 Å². The summed E-state index contributed by atoms with van der Waals surface area (Å²) < 4.78 is 10.9. The van der Waals surface area contributed by atoms with Gasteiger partial charge in [-0.05, 0) is 41.5 Å². The molecule has 0 aliphatic rings. The number of anilines is 1. The predicted octanol–water partition coefficient (Wildman–Crippen LogP) is 4.71. The molecule has 3 aromatic rings. The van der Waals surface area contributed by atoms with Crippen LogP contribution in [0.2, 0.25) is 10.0 Å². The third-order valence-corrected chi connectivity index (χ3v) is 3.86. The van der Waals surface area contributed by atoms with Gasteiger partial charge in [0.05, 0.1) is 10.0 Å². The molecule has 1 aromatic heterocycles. The number of rotatable bonds is 5. The zero-order chi connectivity index (χ0) is 16.9. The van der Waals surface area contributed by atoms with Crippen LogP contribution in [0.1, 0.15) is 17.0 Å². The number of hydrogen-bond acceptors (Lipinski definition) is 5. The molecular weight excluding hydrogens is 349 g/mol. The van der Waals surface area contributed by atoms with Crippen molar-refractivity contribution in [1.82, 2.24) is 10.2 Å². The first kappa shape index (κ1) is 16.4. The largest absolute Gasteiger partial charge is 0.489 e. The maximum absolute atomic E-state index is 6.00. The maximum atomic E-state index is 6.00. The molecule has 0 spiro atoms. The first-order valence-corrected chi connectivity index (χ1v) is 7.79. The molecule has 0 atom stereocenters. The molecule has 0 saturated carbocycles. The van der Waals surface area contributed by atoms with E-state index < -0.39 is 0 Å². The minimum absolute atomic E-state index is 0.0355. The first-order valence-electron chi connectivity index (χ1n) is 7.04. The van der Waals surface area contributed by atoms with E-state index in [1.54, 1.807) is 18.2 Å². The molecule has 0 saturated heterocycles. The van der Waals surface area contributed by atoms with E-state index in [1.807, 2.05) is 36.4 Å². The van der Waals surface area contributed by atoms with Gasteiger partial charge in [0.2, 0.25) is 5.89 Å². The standard InChI is InChI=1S/C17H13Cl2N3O2/c18-14-6-4-12(9-15(14)19)10-23-13-3-1-2-11(8-13)5-7-16-21-22-17(20)24-16/h1-9H,10H2,(H2,20,22)/b7-5+. The second-order valence-corrected chi connectivity index (χ2v) is 5.74. The summed E-state index contributed by atoms with van der Waals surface area (Å²) in [7, 11) is 0. The third kappa shape index (κ3) is 4.28. The Balaban J connectivity index is 1.66.